The number of benzene rings is 1. The van der Waals surface area contributed by atoms with Crippen molar-refractivity contribution in [2.45, 2.75) is 39.2 Å². The highest BCUT2D eigenvalue weighted by atomic mass is 16.2. The fourth-order valence-corrected chi connectivity index (χ4v) is 2.01. The summed E-state index contributed by atoms with van der Waals surface area (Å²) in [5.41, 5.74) is 13.6. The van der Waals surface area contributed by atoms with Crippen LogP contribution in [0.3, 0.4) is 0 Å². The van der Waals surface area contributed by atoms with Gasteiger partial charge in [-0.05, 0) is 51.4 Å². The SMILES string of the molecule is CC#Cc1cc(C#CC)cc(NC(=O)C(N)CCCCN)c1. The first-order valence-electron chi connectivity index (χ1n) is 7.37. The fraction of sp³-hybridized carbons (Fsp3) is 0.389. The minimum Gasteiger partial charge on any atom is -0.330 e. The van der Waals surface area contributed by atoms with E-state index in [0.29, 0.717) is 18.7 Å². The molecule has 4 heteroatoms. The molecule has 1 unspecified atom stereocenters. The second kappa shape index (κ2) is 9.63. The van der Waals surface area contributed by atoms with Crippen LogP contribution >= 0.6 is 0 Å². The summed E-state index contributed by atoms with van der Waals surface area (Å²) in [6.07, 6.45) is 2.34. The molecule has 0 aliphatic heterocycles. The highest BCUT2D eigenvalue weighted by Gasteiger charge is 2.13. The van der Waals surface area contributed by atoms with Crippen molar-refractivity contribution in [3.05, 3.63) is 29.3 Å². The van der Waals surface area contributed by atoms with Gasteiger partial charge >= 0.3 is 0 Å². The third-order valence-electron chi connectivity index (χ3n) is 3.05. The molecule has 4 nitrogen and oxygen atoms in total. The molecule has 0 aliphatic rings. The zero-order valence-corrected chi connectivity index (χ0v) is 13.2. The van der Waals surface area contributed by atoms with Gasteiger partial charge < -0.3 is 16.8 Å². The molecule has 1 rings (SSSR count). The molecule has 1 aromatic rings. The Morgan fingerprint density at radius 2 is 1.73 bits per heavy atom. The monoisotopic (exact) mass is 297 g/mol. The first-order valence-corrected chi connectivity index (χ1v) is 7.37. The lowest BCUT2D eigenvalue weighted by molar-refractivity contribution is -0.117. The number of rotatable bonds is 6. The van der Waals surface area contributed by atoms with E-state index < -0.39 is 6.04 Å². The van der Waals surface area contributed by atoms with Gasteiger partial charge in [0, 0.05) is 16.8 Å². The second-order valence-electron chi connectivity index (χ2n) is 4.93. The molecule has 0 aromatic heterocycles. The molecule has 0 spiro atoms. The van der Waals surface area contributed by atoms with Crippen molar-refractivity contribution >= 4 is 11.6 Å². The Balaban J connectivity index is 2.83. The molecule has 0 fully saturated rings. The van der Waals surface area contributed by atoms with Crippen molar-refractivity contribution in [2.24, 2.45) is 11.5 Å². The number of amides is 1. The van der Waals surface area contributed by atoms with Gasteiger partial charge in [0.1, 0.15) is 0 Å². The van der Waals surface area contributed by atoms with Gasteiger partial charge in [-0.2, -0.15) is 0 Å². The normalized spacial score (nSPS) is 10.7. The van der Waals surface area contributed by atoms with E-state index in [2.05, 4.69) is 29.0 Å². The van der Waals surface area contributed by atoms with E-state index >= 15 is 0 Å². The molecule has 1 aromatic carbocycles. The summed E-state index contributed by atoms with van der Waals surface area (Å²) in [5.74, 6) is 11.4. The zero-order valence-electron chi connectivity index (χ0n) is 13.2. The molecule has 0 saturated heterocycles. The van der Waals surface area contributed by atoms with Crippen molar-refractivity contribution in [1.29, 1.82) is 0 Å². The number of anilines is 1. The first-order chi connectivity index (χ1) is 10.6. The molecule has 116 valence electrons. The number of carbonyl (C=O) groups excluding carboxylic acids is 1. The number of carbonyl (C=O) groups is 1. The van der Waals surface area contributed by atoms with Crippen molar-refractivity contribution in [2.75, 3.05) is 11.9 Å². The molecule has 5 N–H and O–H groups in total. The fourth-order valence-electron chi connectivity index (χ4n) is 2.01. The maximum Gasteiger partial charge on any atom is 0.241 e. The van der Waals surface area contributed by atoms with Crippen LogP contribution in [0, 0.1) is 23.7 Å². The van der Waals surface area contributed by atoms with Gasteiger partial charge in [0.15, 0.2) is 0 Å². The maximum atomic E-state index is 12.1. The van der Waals surface area contributed by atoms with E-state index in [1.807, 2.05) is 18.2 Å². The van der Waals surface area contributed by atoms with Crippen LogP contribution in [0.1, 0.15) is 44.2 Å². The summed E-state index contributed by atoms with van der Waals surface area (Å²) in [6.45, 7) is 4.15. The van der Waals surface area contributed by atoms with Gasteiger partial charge in [-0.1, -0.05) is 18.3 Å². The highest BCUT2D eigenvalue weighted by molar-refractivity contribution is 5.95. The summed E-state index contributed by atoms with van der Waals surface area (Å²) >= 11 is 0. The Hall–Kier alpha value is -2.27. The van der Waals surface area contributed by atoms with Crippen LogP contribution in [0.4, 0.5) is 5.69 Å². The van der Waals surface area contributed by atoms with E-state index in [1.165, 1.54) is 0 Å². The summed E-state index contributed by atoms with van der Waals surface area (Å²) < 4.78 is 0. The third kappa shape index (κ3) is 6.01. The molecule has 1 amide bonds. The van der Waals surface area contributed by atoms with Crippen LogP contribution in [0.15, 0.2) is 18.2 Å². The second-order valence-corrected chi connectivity index (χ2v) is 4.93. The van der Waals surface area contributed by atoms with E-state index in [4.69, 9.17) is 11.5 Å². The Kier molecular flexibility index (Phi) is 7.78. The van der Waals surface area contributed by atoms with Crippen LogP contribution in [-0.4, -0.2) is 18.5 Å². The summed E-state index contributed by atoms with van der Waals surface area (Å²) in [5, 5.41) is 2.84. The largest absolute Gasteiger partial charge is 0.330 e. The smallest absolute Gasteiger partial charge is 0.241 e. The molecular formula is C18H23N3O. The van der Waals surface area contributed by atoms with Gasteiger partial charge in [0.25, 0.3) is 0 Å². The van der Waals surface area contributed by atoms with Crippen LogP contribution in [0.2, 0.25) is 0 Å². The van der Waals surface area contributed by atoms with Crippen molar-refractivity contribution < 1.29 is 4.79 Å². The summed E-state index contributed by atoms with van der Waals surface area (Å²) in [4.78, 5) is 12.1. The van der Waals surface area contributed by atoms with Gasteiger partial charge in [-0.25, -0.2) is 0 Å². The van der Waals surface area contributed by atoms with E-state index in [-0.39, 0.29) is 5.91 Å². The van der Waals surface area contributed by atoms with Crippen LogP contribution in [0.25, 0.3) is 0 Å². The Labute approximate surface area is 132 Å². The summed E-state index contributed by atoms with van der Waals surface area (Å²) in [7, 11) is 0. The zero-order chi connectivity index (χ0) is 16.4. The van der Waals surface area contributed by atoms with Crippen LogP contribution < -0.4 is 16.8 Å². The summed E-state index contributed by atoms with van der Waals surface area (Å²) in [6, 6.07) is 5.00. The number of nitrogens with one attached hydrogen (secondary N) is 1. The average molecular weight is 297 g/mol. The predicted octanol–water partition coefficient (Wildman–Crippen LogP) is 1.82. The number of hydrogen-bond acceptors (Lipinski definition) is 3. The van der Waals surface area contributed by atoms with Gasteiger partial charge in [0.2, 0.25) is 5.91 Å². The molecule has 0 saturated carbocycles. The van der Waals surface area contributed by atoms with Crippen LogP contribution in [0.5, 0.6) is 0 Å². The maximum absolute atomic E-state index is 12.1. The van der Waals surface area contributed by atoms with Crippen LogP contribution in [-0.2, 0) is 4.79 Å². The lowest BCUT2D eigenvalue weighted by Crippen LogP contribution is -2.35. The molecular weight excluding hydrogens is 274 g/mol. The Morgan fingerprint density at radius 1 is 1.14 bits per heavy atom. The van der Waals surface area contributed by atoms with Crippen molar-refractivity contribution in [3.63, 3.8) is 0 Å². The lowest BCUT2D eigenvalue weighted by atomic mass is 10.1. The van der Waals surface area contributed by atoms with E-state index in [9.17, 15) is 4.79 Å². The van der Waals surface area contributed by atoms with Crippen molar-refractivity contribution in [1.82, 2.24) is 0 Å². The Bertz CT molecular complexity index is 591. The number of nitrogens with two attached hydrogens (primary N) is 2. The average Bonchev–Trinajstić information content (AvgIpc) is 2.47. The molecule has 0 aliphatic carbocycles. The van der Waals surface area contributed by atoms with Crippen molar-refractivity contribution in [3.8, 4) is 23.7 Å². The highest BCUT2D eigenvalue weighted by Crippen LogP contribution is 2.15. The third-order valence-corrected chi connectivity index (χ3v) is 3.05. The lowest BCUT2D eigenvalue weighted by Gasteiger charge is -2.12. The minimum absolute atomic E-state index is 0.200. The number of hydrogen-bond donors (Lipinski definition) is 3. The quantitative estimate of drug-likeness (QED) is 0.553. The number of unbranched alkanes of at least 4 members (excludes halogenated alkanes) is 1. The predicted molar refractivity (Wildman–Crippen MR) is 91.1 cm³/mol. The van der Waals surface area contributed by atoms with Gasteiger partial charge in [-0.3, -0.25) is 4.79 Å². The standard InChI is InChI=1S/C18H23N3O/c1-3-7-14-11-15(8-4-2)13-16(12-14)21-18(22)17(20)9-5-6-10-19/h11-13,17H,5-6,9-10,19-20H2,1-2H3,(H,21,22). The topological polar surface area (TPSA) is 81.1 Å². The molecule has 0 bridgehead atoms. The van der Waals surface area contributed by atoms with Gasteiger partial charge in [-0.15, -0.1) is 11.8 Å². The Morgan fingerprint density at radius 3 is 2.23 bits per heavy atom. The molecule has 0 heterocycles. The molecule has 0 radical (unpaired) electrons. The molecule has 1 atom stereocenters. The first kappa shape index (κ1) is 17.8. The van der Waals surface area contributed by atoms with E-state index in [1.54, 1.807) is 13.8 Å². The van der Waals surface area contributed by atoms with E-state index in [0.717, 1.165) is 24.0 Å². The van der Waals surface area contributed by atoms with Gasteiger partial charge in [0.05, 0.1) is 6.04 Å². The molecule has 22 heavy (non-hydrogen) atoms. The minimum atomic E-state index is -0.534.